The van der Waals surface area contributed by atoms with Crippen molar-refractivity contribution in [1.82, 2.24) is 10.2 Å². The molecule has 1 atom stereocenters. The van der Waals surface area contributed by atoms with E-state index in [1.54, 1.807) is 30.3 Å². The number of imide groups is 1. The average Bonchev–Trinajstić information content (AvgIpc) is 3.10. The maximum atomic E-state index is 12.9. The van der Waals surface area contributed by atoms with Gasteiger partial charge in [-0.25, -0.2) is 0 Å². The number of fused-ring (bicyclic) bond motifs is 1. The summed E-state index contributed by atoms with van der Waals surface area (Å²) in [6.07, 6.45) is 0.401. The number of hydrogen-bond donors (Lipinski definition) is 2. The minimum atomic E-state index is -0.807. The van der Waals surface area contributed by atoms with Gasteiger partial charge in [0.25, 0.3) is 17.6 Å². The maximum absolute atomic E-state index is 12.9. The van der Waals surface area contributed by atoms with Crippen LogP contribution in [0.15, 0.2) is 42.5 Å². The molecule has 2 aromatic carbocycles. The highest BCUT2D eigenvalue weighted by molar-refractivity contribution is 6.46. The van der Waals surface area contributed by atoms with Crippen LogP contribution in [0.4, 0.5) is 5.69 Å². The highest BCUT2D eigenvalue weighted by Crippen LogP contribution is 2.32. The summed E-state index contributed by atoms with van der Waals surface area (Å²) in [5.41, 5.74) is 2.49. The van der Waals surface area contributed by atoms with Gasteiger partial charge in [-0.3, -0.25) is 29.3 Å². The lowest BCUT2D eigenvalue weighted by Gasteiger charge is -2.29. The normalized spacial score (nSPS) is 18.1. The lowest BCUT2D eigenvalue weighted by atomic mass is 9.86. The van der Waals surface area contributed by atoms with Crippen LogP contribution in [-0.4, -0.2) is 40.4 Å². The van der Waals surface area contributed by atoms with Gasteiger partial charge in [-0.1, -0.05) is 51.1 Å². The van der Waals surface area contributed by atoms with E-state index in [4.69, 9.17) is 0 Å². The molecule has 4 amide bonds. The second-order valence-corrected chi connectivity index (χ2v) is 9.34. The molecule has 8 nitrogen and oxygen atoms in total. The van der Waals surface area contributed by atoms with Gasteiger partial charge in [0.2, 0.25) is 11.8 Å². The number of carbonyl (C=O) groups excluding carboxylic acids is 5. The second kappa shape index (κ2) is 8.27. The maximum Gasteiger partial charge on any atom is 0.296 e. The lowest BCUT2D eigenvalue weighted by molar-refractivity contribution is -0.137. The molecule has 0 saturated carbocycles. The summed E-state index contributed by atoms with van der Waals surface area (Å²) in [5, 5.41) is 4.89. The molecule has 0 radical (unpaired) electrons. The number of Topliss-reactive ketones (excluding diaryl/α,β-unsaturated/α-hetero) is 1. The van der Waals surface area contributed by atoms with Gasteiger partial charge in [0.05, 0.1) is 0 Å². The molecule has 2 aromatic rings. The summed E-state index contributed by atoms with van der Waals surface area (Å²) < 4.78 is 0. The van der Waals surface area contributed by atoms with Crippen LogP contribution in [0.2, 0.25) is 0 Å². The van der Waals surface area contributed by atoms with Gasteiger partial charge in [-0.05, 0) is 29.5 Å². The molecule has 1 fully saturated rings. The van der Waals surface area contributed by atoms with Crippen LogP contribution in [0.25, 0.3) is 0 Å². The number of piperidine rings is 1. The number of rotatable bonds is 4. The largest absolute Gasteiger partial charge is 0.322 e. The van der Waals surface area contributed by atoms with Crippen LogP contribution in [0.3, 0.4) is 0 Å². The van der Waals surface area contributed by atoms with E-state index in [-0.39, 0.29) is 42.2 Å². The van der Waals surface area contributed by atoms with Crippen molar-refractivity contribution < 1.29 is 24.0 Å². The first-order valence-corrected chi connectivity index (χ1v) is 10.8. The molecule has 1 saturated heterocycles. The molecule has 0 bridgehead atoms. The van der Waals surface area contributed by atoms with E-state index >= 15 is 0 Å². The molecular formula is C25H25N3O5. The third-order valence-electron chi connectivity index (χ3n) is 6.05. The SMILES string of the molecule is CC(C)(C)c1ccc(C(=O)C(=O)Nc2cccc3c2CN(C2CCC(=O)NC2=O)C3=O)cc1. The quantitative estimate of drug-likeness (QED) is 0.425. The number of nitrogens with one attached hydrogen (secondary N) is 2. The van der Waals surface area contributed by atoms with E-state index in [0.29, 0.717) is 16.8 Å². The Kier molecular flexibility index (Phi) is 5.61. The highest BCUT2D eigenvalue weighted by Gasteiger charge is 2.40. The Morgan fingerprint density at radius 1 is 1.03 bits per heavy atom. The summed E-state index contributed by atoms with van der Waals surface area (Å²) in [5.74, 6) is -2.70. The number of hydrogen-bond acceptors (Lipinski definition) is 5. The molecule has 8 heteroatoms. The van der Waals surface area contributed by atoms with E-state index in [9.17, 15) is 24.0 Å². The van der Waals surface area contributed by atoms with Gasteiger partial charge in [0.15, 0.2) is 0 Å². The van der Waals surface area contributed by atoms with Gasteiger partial charge in [-0.2, -0.15) is 0 Å². The van der Waals surface area contributed by atoms with E-state index in [2.05, 4.69) is 31.4 Å². The second-order valence-electron chi connectivity index (χ2n) is 9.34. The van der Waals surface area contributed by atoms with Gasteiger partial charge in [0.1, 0.15) is 6.04 Å². The van der Waals surface area contributed by atoms with Crippen LogP contribution in [0.5, 0.6) is 0 Å². The number of anilines is 1. The smallest absolute Gasteiger partial charge is 0.296 e. The van der Waals surface area contributed by atoms with Crippen LogP contribution >= 0.6 is 0 Å². The van der Waals surface area contributed by atoms with Crippen LogP contribution in [0, 0.1) is 0 Å². The van der Waals surface area contributed by atoms with Gasteiger partial charge in [-0.15, -0.1) is 0 Å². The molecule has 170 valence electrons. The average molecular weight is 447 g/mol. The summed E-state index contributed by atoms with van der Waals surface area (Å²) in [6.45, 7) is 6.29. The Morgan fingerprint density at radius 2 is 1.73 bits per heavy atom. The van der Waals surface area contributed by atoms with Gasteiger partial charge < -0.3 is 10.2 Å². The third-order valence-corrected chi connectivity index (χ3v) is 6.05. The standard InChI is InChI=1S/C25H25N3O5/c1-25(2,3)15-9-7-14(8-10-15)21(30)23(32)26-18-6-4-5-16-17(18)13-28(24(16)33)19-11-12-20(29)27-22(19)31/h4-10,19H,11-13H2,1-3H3,(H,26,32)(H,27,29,31). The fourth-order valence-electron chi connectivity index (χ4n) is 4.13. The molecule has 2 aliphatic rings. The van der Waals surface area contributed by atoms with Crippen molar-refractivity contribution >= 4 is 35.1 Å². The zero-order valence-corrected chi connectivity index (χ0v) is 18.7. The van der Waals surface area contributed by atoms with Gasteiger partial charge in [0, 0.05) is 35.3 Å². The molecule has 2 heterocycles. The van der Waals surface area contributed by atoms with Crippen LogP contribution < -0.4 is 10.6 Å². The third kappa shape index (κ3) is 4.28. The van der Waals surface area contributed by atoms with Crippen molar-refractivity contribution in [3.8, 4) is 0 Å². The minimum Gasteiger partial charge on any atom is -0.322 e. The molecule has 0 aromatic heterocycles. The summed E-state index contributed by atoms with van der Waals surface area (Å²) in [4.78, 5) is 63.4. The minimum absolute atomic E-state index is 0.0740. The molecule has 2 aliphatic heterocycles. The zero-order valence-electron chi connectivity index (χ0n) is 18.7. The van der Waals surface area contributed by atoms with Crippen LogP contribution in [0.1, 0.15) is 65.5 Å². The number of amides is 4. The molecule has 2 N–H and O–H groups in total. The Hall–Kier alpha value is -3.81. The van der Waals surface area contributed by atoms with E-state index < -0.39 is 23.6 Å². The molecule has 0 spiro atoms. The molecular weight excluding hydrogens is 422 g/mol. The molecule has 1 unspecified atom stereocenters. The lowest BCUT2D eigenvalue weighted by Crippen LogP contribution is -2.52. The predicted molar refractivity (Wildman–Crippen MR) is 121 cm³/mol. The fourth-order valence-corrected chi connectivity index (χ4v) is 4.13. The van der Waals surface area contributed by atoms with Crippen LogP contribution in [-0.2, 0) is 26.3 Å². The highest BCUT2D eigenvalue weighted by atomic mass is 16.2. The van der Waals surface area contributed by atoms with Crippen molar-refractivity contribution in [1.29, 1.82) is 0 Å². The Bertz CT molecular complexity index is 1180. The first-order chi connectivity index (χ1) is 15.6. The molecule has 33 heavy (non-hydrogen) atoms. The number of nitrogens with zero attached hydrogens (tertiary/aromatic N) is 1. The Balaban J connectivity index is 1.52. The van der Waals surface area contributed by atoms with Crippen molar-refractivity contribution in [3.63, 3.8) is 0 Å². The van der Waals surface area contributed by atoms with Crippen molar-refractivity contribution in [2.75, 3.05) is 5.32 Å². The summed E-state index contributed by atoms with van der Waals surface area (Å²) in [6, 6.07) is 11.0. The first-order valence-electron chi connectivity index (χ1n) is 10.8. The monoisotopic (exact) mass is 447 g/mol. The Labute approximate surface area is 191 Å². The zero-order chi connectivity index (χ0) is 23.9. The Morgan fingerprint density at radius 3 is 2.36 bits per heavy atom. The van der Waals surface area contributed by atoms with Crippen molar-refractivity contribution in [2.45, 2.75) is 51.6 Å². The molecule has 4 rings (SSSR count). The van der Waals surface area contributed by atoms with Crippen molar-refractivity contribution in [2.24, 2.45) is 0 Å². The van der Waals surface area contributed by atoms with E-state index in [1.165, 1.54) is 4.90 Å². The number of ketones is 1. The van der Waals surface area contributed by atoms with Gasteiger partial charge >= 0.3 is 0 Å². The number of benzene rings is 2. The van der Waals surface area contributed by atoms with E-state index in [1.807, 2.05) is 12.1 Å². The molecule has 0 aliphatic carbocycles. The predicted octanol–water partition coefficient (Wildman–Crippen LogP) is 2.57. The summed E-state index contributed by atoms with van der Waals surface area (Å²) >= 11 is 0. The van der Waals surface area contributed by atoms with Crippen molar-refractivity contribution in [3.05, 3.63) is 64.7 Å². The first kappa shape index (κ1) is 22.4. The fraction of sp³-hybridized carbons (Fsp3) is 0.320. The topological polar surface area (TPSA) is 113 Å². The number of carbonyl (C=O) groups is 5. The summed E-state index contributed by atoms with van der Waals surface area (Å²) in [7, 11) is 0. The van der Waals surface area contributed by atoms with E-state index in [0.717, 1.165) is 5.56 Å².